The first-order valence-electron chi connectivity index (χ1n) is 3.49. The second kappa shape index (κ2) is 3.69. The standard InChI is InChI=1S/C6H14I4S/c1-4-6(5-2)11(3,7,8,9)10/h6H,4-5H2,1-3H3. The normalized spacial score (nSPS) is 19.6. The molecule has 0 saturated carbocycles. The van der Waals surface area contributed by atoms with Crippen LogP contribution in [0.4, 0.5) is 0 Å². The van der Waals surface area contributed by atoms with Crippen molar-refractivity contribution in [2.75, 3.05) is 6.26 Å². The van der Waals surface area contributed by atoms with Gasteiger partial charge in [-0.2, -0.15) is 0 Å². The van der Waals surface area contributed by atoms with Crippen molar-refractivity contribution in [1.29, 1.82) is 0 Å². The maximum Gasteiger partial charge on any atom is 0.00606 e. The number of rotatable bonds is 3. The lowest BCUT2D eigenvalue weighted by atomic mass is 10.3. The van der Waals surface area contributed by atoms with Crippen LogP contribution < -0.4 is 0 Å². The first kappa shape index (κ1) is 14.3. The van der Waals surface area contributed by atoms with E-state index in [0.29, 0.717) is 0 Å². The van der Waals surface area contributed by atoms with Crippen LogP contribution in [0, 0.1) is 0 Å². The summed E-state index contributed by atoms with van der Waals surface area (Å²) in [5.74, 6) is 0. The van der Waals surface area contributed by atoms with Crippen LogP contribution in [0.2, 0.25) is 0 Å². The molecule has 72 valence electrons. The summed E-state index contributed by atoms with van der Waals surface area (Å²) in [6.07, 6.45) is 5.03. The molecule has 0 atom stereocenters. The third-order valence-corrected chi connectivity index (χ3v) is 12.7. The van der Waals surface area contributed by atoms with Crippen LogP contribution in [0.1, 0.15) is 26.7 Å². The molecule has 5 heteroatoms. The quantitative estimate of drug-likeness (QED) is 0.334. The highest BCUT2D eigenvalue weighted by atomic mass is 127. The lowest BCUT2D eigenvalue weighted by molar-refractivity contribution is 0.792. The fraction of sp³-hybridized carbons (Fsp3) is 1.00. The van der Waals surface area contributed by atoms with Crippen molar-refractivity contribution in [3.63, 3.8) is 0 Å². The second-order valence-electron chi connectivity index (χ2n) is 3.00. The van der Waals surface area contributed by atoms with Crippen molar-refractivity contribution < 1.29 is 0 Å². The Bertz CT molecular complexity index is 139. The molecule has 0 fully saturated rings. The summed E-state index contributed by atoms with van der Waals surface area (Å²) in [6.45, 7) is 4.60. The zero-order valence-electron chi connectivity index (χ0n) is 6.91. The van der Waals surface area contributed by atoms with E-state index in [2.05, 4.69) is 105 Å². The molecular formula is C6H14I4S. The molecule has 0 saturated heterocycles. The minimum Gasteiger partial charge on any atom is -0.108 e. The van der Waals surface area contributed by atoms with Crippen LogP contribution in [-0.4, -0.2) is 11.5 Å². The van der Waals surface area contributed by atoms with Gasteiger partial charge in [-0.05, 0) is 104 Å². The molecule has 0 amide bonds. The highest BCUT2D eigenvalue weighted by Crippen LogP contribution is 3.13. The van der Waals surface area contributed by atoms with E-state index in [1.165, 1.54) is 12.8 Å². The maximum absolute atomic E-state index is 2.69. The minimum absolute atomic E-state index is 0.859. The average molecular weight is 626 g/mol. The van der Waals surface area contributed by atoms with Gasteiger partial charge < -0.3 is 0 Å². The Morgan fingerprint density at radius 3 is 1.27 bits per heavy atom. The molecule has 0 aromatic carbocycles. The van der Waals surface area contributed by atoms with Crippen molar-refractivity contribution in [2.24, 2.45) is 0 Å². The Morgan fingerprint density at radius 2 is 1.27 bits per heavy atom. The Labute approximate surface area is 117 Å². The average Bonchev–Trinajstić information content (AvgIpc) is 1.60. The highest BCUT2D eigenvalue weighted by molar-refractivity contribution is 14.6. The van der Waals surface area contributed by atoms with Gasteiger partial charge in [-0.25, -0.2) is 0 Å². The summed E-state index contributed by atoms with van der Waals surface area (Å²) < 4.78 is -1.80. The molecule has 0 nitrogen and oxygen atoms in total. The Hall–Kier alpha value is 3.27. The topological polar surface area (TPSA) is 0 Å². The molecule has 0 aliphatic carbocycles. The predicted molar refractivity (Wildman–Crippen MR) is 94.0 cm³/mol. The van der Waals surface area contributed by atoms with Crippen molar-refractivity contribution in [1.82, 2.24) is 0 Å². The summed E-state index contributed by atoms with van der Waals surface area (Å²) in [5, 5.41) is 0.859. The van der Waals surface area contributed by atoms with Crippen LogP contribution in [0.15, 0.2) is 0 Å². The van der Waals surface area contributed by atoms with Gasteiger partial charge in [0.05, 0.1) is 0 Å². The largest absolute Gasteiger partial charge is 0.108 e. The first-order chi connectivity index (χ1) is 4.51. The highest BCUT2D eigenvalue weighted by Gasteiger charge is 2.51. The summed E-state index contributed by atoms with van der Waals surface area (Å²) >= 11 is 10.7. The van der Waals surface area contributed by atoms with E-state index in [1.807, 2.05) is 0 Å². The number of halogens is 4. The van der Waals surface area contributed by atoms with Crippen LogP contribution in [0.3, 0.4) is 0 Å². The van der Waals surface area contributed by atoms with E-state index in [1.54, 1.807) is 0 Å². The van der Waals surface area contributed by atoms with E-state index in [4.69, 9.17) is 0 Å². The summed E-state index contributed by atoms with van der Waals surface area (Å²) in [7, 11) is 0. The van der Waals surface area contributed by atoms with Gasteiger partial charge in [0.25, 0.3) is 0 Å². The summed E-state index contributed by atoms with van der Waals surface area (Å²) in [5.41, 5.74) is 0. The zero-order chi connectivity index (χ0) is 9.40. The van der Waals surface area contributed by atoms with Gasteiger partial charge in [-0.1, -0.05) is 13.8 Å². The smallest absolute Gasteiger partial charge is 0.00606 e. The van der Waals surface area contributed by atoms with Crippen molar-refractivity contribution >= 4 is 81.8 Å². The van der Waals surface area contributed by atoms with Crippen molar-refractivity contribution in [2.45, 2.75) is 31.9 Å². The minimum atomic E-state index is -1.80. The molecule has 11 heavy (non-hydrogen) atoms. The van der Waals surface area contributed by atoms with Gasteiger partial charge in [-0.15, -0.1) is -3.02 Å². The SMILES string of the molecule is CCC(CC)S(C)(I)(I)(I)I. The molecule has 0 aromatic rings. The fourth-order valence-electron chi connectivity index (χ4n) is 1.13. The van der Waals surface area contributed by atoms with E-state index in [9.17, 15) is 0 Å². The van der Waals surface area contributed by atoms with Gasteiger partial charge >= 0.3 is 0 Å². The number of hydrogen-bond donors (Lipinski definition) is 0. The summed E-state index contributed by atoms with van der Waals surface area (Å²) in [4.78, 5) is 0. The van der Waals surface area contributed by atoms with Crippen molar-refractivity contribution in [3.05, 3.63) is 0 Å². The van der Waals surface area contributed by atoms with Gasteiger partial charge in [0.2, 0.25) is 0 Å². The molecule has 0 N–H and O–H groups in total. The molecular weight excluding hydrogens is 612 g/mol. The molecule has 0 spiro atoms. The van der Waals surface area contributed by atoms with Crippen molar-refractivity contribution in [3.8, 4) is 0 Å². The van der Waals surface area contributed by atoms with Crippen LogP contribution in [0.5, 0.6) is 0 Å². The Kier molecular flexibility index (Phi) is 4.79. The van der Waals surface area contributed by atoms with E-state index in [0.717, 1.165) is 5.25 Å². The van der Waals surface area contributed by atoms with E-state index < -0.39 is -3.02 Å². The Morgan fingerprint density at radius 1 is 1.00 bits per heavy atom. The van der Waals surface area contributed by atoms with Gasteiger partial charge in [-0.3, -0.25) is 0 Å². The molecule has 0 heterocycles. The molecule has 0 rings (SSSR count). The molecule has 0 radical (unpaired) electrons. The molecule has 0 unspecified atom stereocenters. The second-order valence-corrected chi connectivity index (χ2v) is 69.6. The molecule has 0 aromatic heterocycles. The predicted octanol–water partition coefficient (Wildman–Crippen LogP) is 6.08. The monoisotopic (exact) mass is 626 g/mol. The molecule has 0 aliphatic rings. The van der Waals surface area contributed by atoms with Gasteiger partial charge in [0, 0.05) is 5.25 Å². The number of hydrogen-bond acceptors (Lipinski definition) is 0. The lowest BCUT2D eigenvalue weighted by Crippen LogP contribution is -2.20. The molecule has 0 aliphatic heterocycles. The maximum atomic E-state index is 2.69. The third kappa shape index (κ3) is 5.65. The fourth-order valence-corrected chi connectivity index (χ4v) is 11.4. The third-order valence-electron chi connectivity index (χ3n) is 1.75. The summed E-state index contributed by atoms with van der Waals surface area (Å²) in [6, 6.07) is 0. The van der Waals surface area contributed by atoms with Crippen LogP contribution >= 0.6 is 81.8 Å². The van der Waals surface area contributed by atoms with E-state index in [-0.39, 0.29) is 0 Å². The van der Waals surface area contributed by atoms with E-state index >= 15 is 0 Å². The van der Waals surface area contributed by atoms with Crippen LogP contribution in [0.25, 0.3) is 0 Å². The first-order valence-corrected chi connectivity index (χ1v) is 16.6. The lowest BCUT2D eigenvalue weighted by Gasteiger charge is -2.61. The Balaban J connectivity index is 4.81. The van der Waals surface area contributed by atoms with Gasteiger partial charge in [0.15, 0.2) is 0 Å². The van der Waals surface area contributed by atoms with Gasteiger partial charge in [0.1, 0.15) is 0 Å². The molecule has 0 bridgehead atoms. The van der Waals surface area contributed by atoms with Crippen LogP contribution in [-0.2, 0) is 0 Å². The zero-order valence-corrected chi connectivity index (χ0v) is 16.4.